The molecule has 166 valence electrons. The van der Waals surface area contributed by atoms with Gasteiger partial charge >= 0.3 is 0 Å². The Balaban J connectivity index is 1.30. The second-order valence-corrected chi connectivity index (χ2v) is 8.66. The van der Waals surface area contributed by atoms with E-state index in [2.05, 4.69) is 19.5 Å². The quantitative estimate of drug-likeness (QED) is 0.544. The minimum Gasteiger partial charge on any atom is -0.376 e. The first-order valence-electron chi connectivity index (χ1n) is 11.0. The number of carbonyl (C=O) groups is 1. The van der Waals surface area contributed by atoms with Crippen molar-refractivity contribution in [3.8, 4) is 0 Å². The Morgan fingerprint density at radius 2 is 2.09 bits per heavy atom. The number of hydrogen-bond acceptors (Lipinski definition) is 5. The smallest absolute Gasteiger partial charge is 0.228 e. The molecule has 3 aromatic rings. The van der Waals surface area contributed by atoms with Gasteiger partial charge in [0.15, 0.2) is 0 Å². The molecule has 0 unspecified atom stereocenters. The number of nitrogens with zero attached hydrogens (tertiary/aromatic N) is 5. The topological polar surface area (TPSA) is 73.1 Å². The summed E-state index contributed by atoms with van der Waals surface area (Å²) in [6.45, 7) is 3.00. The number of ether oxygens (including phenoxy) is 1. The summed E-state index contributed by atoms with van der Waals surface area (Å²) >= 11 is 0. The van der Waals surface area contributed by atoms with Crippen molar-refractivity contribution in [1.82, 2.24) is 24.4 Å². The van der Waals surface area contributed by atoms with Gasteiger partial charge in [-0.25, -0.2) is 9.37 Å². The summed E-state index contributed by atoms with van der Waals surface area (Å²) in [7, 11) is 0. The van der Waals surface area contributed by atoms with E-state index >= 15 is 0 Å². The Morgan fingerprint density at radius 3 is 2.84 bits per heavy atom. The van der Waals surface area contributed by atoms with Gasteiger partial charge in [0.25, 0.3) is 0 Å². The van der Waals surface area contributed by atoms with Gasteiger partial charge in [-0.05, 0) is 42.5 Å². The average molecular weight is 436 g/mol. The lowest BCUT2D eigenvalue weighted by Crippen LogP contribution is -2.41. The number of halogens is 1. The number of imidazole rings is 1. The molecule has 0 aromatic carbocycles. The number of pyridine rings is 2. The van der Waals surface area contributed by atoms with Crippen LogP contribution in [0, 0.1) is 11.7 Å². The number of hydrogen-bond donors (Lipinski definition) is 0. The second-order valence-electron chi connectivity index (χ2n) is 8.66. The summed E-state index contributed by atoms with van der Waals surface area (Å²) in [6, 6.07) is 6.77. The molecule has 0 bridgehead atoms. The van der Waals surface area contributed by atoms with Crippen molar-refractivity contribution in [3.63, 3.8) is 0 Å². The molecule has 5 rings (SSSR count). The summed E-state index contributed by atoms with van der Waals surface area (Å²) in [5.41, 5.74) is 3.70. The van der Waals surface area contributed by atoms with E-state index in [9.17, 15) is 9.18 Å². The van der Waals surface area contributed by atoms with E-state index in [0.29, 0.717) is 32.0 Å². The lowest BCUT2D eigenvalue weighted by molar-refractivity contribution is -0.132. The predicted molar refractivity (Wildman–Crippen MR) is 115 cm³/mol. The average Bonchev–Trinajstić information content (AvgIpc) is 3.54. The van der Waals surface area contributed by atoms with Crippen LogP contribution in [0.5, 0.6) is 0 Å². The molecular formula is C24H26FN5O2. The Bertz CT molecular complexity index is 1070. The van der Waals surface area contributed by atoms with Crippen LogP contribution >= 0.6 is 0 Å². The van der Waals surface area contributed by atoms with E-state index in [1.165, 1.54) is 24.6 Å². The molecule has 7 nitrogen and oxygen atoms in total. The molecule has 1 fully saturated rings. The van der Waals surface area contributed by atoms with E-state index in [-0.39, 0.29) is 18.2 Å². The number of amides is 1. The lowest BCUT2D eigenvalue weighted by atomic mass is 9.98. The van der Waals surface area contributed by atoms with E-state index in [1.807, 2.05) is 23.4 Å². The third-order valence-electron chi connectivity index (χ3n) is 6.06. The van der Waals surface area contributed by atoms with Crippen LogP contribution in [0.4, 0.5) is 4.39 Å². The Morgan fingerprint density at radius 1 is 1.19 bits per heavy atom. The van der Waals surface area contributed by atoms with Gasteiger partial charge < -0.3 is 14.2 Å². The molecule has 2 aliphatic rings. The van der Waals surface area contributed by atoms with Crippen LogP contribution in [0.15, 0.2) is 49.2 Å². The van der Waals surface area contributed by atoms with Gasteiger partial charge in [-0.15, -0.1) is 0 Å². The number of fused-ring (bicyclic) bond motifs is 1. The van der Waals surface area contributed by atoms with Gasteiger partial charge in [0, 0.05) is 42.8 Å². The van der Waals surface area contributed by atoms with Gasteiger partial charge in [0.05, 0.1) is 44.4 Å². The molecule has 4 heterocycles. The van der Waals surface area contributed by atoms with Crippen molar-refractivity contribution < 1.29 is 13.9 Å². The highest BCUT2D eigenvalue weighted by atomic mass is 19.1. The highest BCUT2D eigenvalue weighted by Crippen LogP contribution is 2.34. The van der Waals surface area contributed by atoms with E-state index < -0.39 is 5.82 Å². The molecule has 3 aromatic heterocycles. The van der Waals surface area contributed by atoms with Gasteiger partial charge in [-0.2, -0.15) is 0 Å². The molecule has 8 heteroatoms. The van der Waals surface area contributed by atoms with Crippen molar-refractivity contribution in [2.45, 2.75) is 44.9 Å². The van der Waals surface area contributed by atoms with Gasteiger partial charge in [-0.3, -0.25) is 14.8 Å². The summed E-state index contributed by atoms with van der Waals surface area (Å²) < 4.78 is 21.5. The van der Waals surface area contributed by atoms with Crippen LogP contribution < -0.4 is 0 Å². The second kappa shape index (κ2) is 9.16. The minimum atomic E-state index is -0.407. The fourth-order valence-electron chi connectivity index (χ4n) is 4.25. The summed E-state index contributed by atoms with van der Waals surface area (Å²) in [4.78, 5) is 27.6. The standard InChI is InChI=1S/C24H26FN5O2/c25-20-5-6-21(27-10-20)8-23(31)29-12-19(15-32-14-18-2-1-7-26-9-18)24-22(13-29)28-16-30(24)11-17-3-4-17/h1-2,5-7,9-10,16-17,19H,3-4,8,11-15H2/t19-/m1/s1. The molecule has 1 aliphatic heterocycles. The molecule has 0 radical (unpaired) electrons. The monoisotopic (exact) mass is 435 g/mol. The van der Waals surface area contributed by atoms with Crippen molar-refractivity contribution in [2.75, 3.05) is 13.2 Å². The first kappa shape index (κ1) is 20.8. The fraction of sp³-hybridized carbons (Fsp3) is 0.417. The van der Waals surface area contributed by atoms with Crippen molar-refractivity contribution in [2.24, 2.45) is 5.92 Å². The molecule has 1 atom stereocenters. The molecule has 1 amide bonds. The predicted octanol–water partition coefficient (Wildman–Crippen LogP) is 3.11. The van der Waals surface area contributed by atoms with Gasteiger partial charge in [0.2, 0.25) is 5.91 Å². The highest BCUT2D eigenvalue weighted by molar-refractivity contribution is 5.78. The van der Waals surface area contributed by atoms with Gasteiger partial charge in [-0.1, -0.05) is 6.07 Å². The number of carbonyl (C=O) groups excluding carboxylic acids is 1. The molecule has 1 saturated carbocycles. The normalized spacial score (nSPS) is 17.9. The molecule has 1 aliphatic carbocycles. The zero-order valence-corrected chi connectivity index (χ0v) is 17.9. The van der Waals surface area contributed by atoms with E-state index in [0.717, 1.165) is 29.9 Å². The van der Waals surface area contributed by atoms with Crippen LogP contribution in [-0.4, -0.2) is 43.5 Å². The van der Waals surface area contributed by atoms with E-state index in [4.69, 9.17) is 4.74 Å². The Kier molecular flexibility index (Phi) is 5.94. The summed E-state index contributed by atoms with van der Waals surface area (Å²) in [5.74, 6) is 0.330. The maximum atomic E-state index is 13.1. The van der Waals surface area contributed by atoms with Crippen LogP contribution in [0.1, 0.15) is 41.4 Å². The minimum absolute atomic E-state index is 0.0382. The third-order valence-corrected chi connectivity index (χ3v) is 6.06. The summed E-state index contributed by atoms with van der Waals surface area (Å²) in [6.07, 6.45) is 9.27. The maximum absolute atomic E-state index is 13.1. The molecule has 32 heavy (non-hydrogen) atoms. The van der Waals surface area contributed by atoms with Crippen molar-refractivity contribution in [1.29, 1.82) is 0 Å². The Labute approximate surface area is 186 Å². The Hall–Kier alpha value is -3.13. The SMILES string of the molecule is O=C(Cc1ccc(F)cn1)N1Cc2ncn(CC3CC3)c2[C@@H](COCc2cccnc2)C1. The van der Waals surface area contributed by atoms with Crippen LogP contribution in [0.25, 0.3) is 0 Å². The lowest BCUT2D eigenvalue weighted by Gasteiger charge is -2.33. The van der Waals surface area contributed by atoms with Crippen molar-refractivity contribution >= 4 is 5.91 Å². The molecule has 0 spiro atoms. The highest BCUT2D eigenvalue weighted by Gasteiger charge is 2.33. The summed E-state index contributed by atoms with van der Waals surface area (Å²) in [5, 5.41) is 0. The van der Waals surface area contributed by atoms with Crippen LogP contribution in [0.3, 0.4) is 0 Å². The molecule has 0 saturated heterocycles. The first-order valence-corrected chi connectivity index (χ1v) is 11.0. The fourth-order valence-corrected chi connectivity index (χ4v) is 4.25. The molecule has 0 N–H and O–H groups in total. The van der Waals surface area contributed by atoms with Crippen molar-refractivity contribution in [3.05, 3.63) is 77.6 Å². The third kappa shape index (κ3) is 4.85. The maximum Gasteiger partial charge on any atom is 0.228 e. The van der Waals surface area contributed by atoms with Gasteiger partial charge in [0.1, 0.15) is 5.82 Å². The largest absolute Gasteiger partial charge is 0.376 e. The zero-order valence-electron chi connectivity index (χ0n) is 17.9. The first-order chi connectivity index (χ1) is 15.7. The van der Waals surface area contributed by atoms with Crippen LogP contribution in [0.2, 0.25) is 0 Å². The van der Waals surface area contributed by atoms with Crippen LogP contribution in [-0.2, 0) is 35.6 Å². The van der Waals surface area contributed by atoms with E-state index in [1.54, 1.807) is 18.5 Å². The number of rotatable bonds is 8. The number of aromatic nitrogens is 4. The zero-order chi connectivity index (χ0) is 21.9. The molecular weight excluding hydrogens is 409 g/mol.